The second kappa shape index (κ2) is 2.90. The molecular weight excluding hydrogens is 146 g/mol. The molecule has 62 valence electrons. The summed E-state index contributed by atoms with van der Waals surface area (Å²) < 4.78 is 0. The Balaban J connectivity index is 2.19. The predicted octanol–water partition coefficient (Wildman–Crippen LogP) is -0.0606. The molecule has 1 amide bonds. The Labute approximate surface area is 64.8 Å². The zero-order valence-electron chi connectivity index (χ0n) is 6.41. The van der Waals surface area contributed by atoms with E-state index < -0.39 is 5.97 Å². The molecule has 0 unspecified atom stereocenters. The van der Waals surface area contributed by atoms with Gasteiger partial charge in [-0.3, -0.25) is 9.59 Å². The molecule has 0 atom stereocenters. The number of hydrogen-bond acceptors (Lipinski definition) is 2. The molecule has 1 aliphatic heterocycles. The number of rotatable bonds is 2. The minimum atomic E-state index is -0.779. The molecule has 1 N–H and O–H groups in total. The first-order valence-corrected chi connectivity index (χ1v) is 3.57. The first-order chi connectivity index (χ1) is 5.09. The average molecular weight is 157 g/mol. The minimum Gasteiger partial charge on any atom is -0.481 e. The molecule has 4 nitrogen and oxygen atoms in total. The maximum Gasteiger partial charge on any atom is 0.303 e. The lowest BCUT2D eigenvalue weighted by Gasteiger charge is -2.37. The van der Waals surface area contributed by atoms with Crippen LogP contribution in [0.2, 0.25) is 0 Å². The van der Waals surface area contributed by atoms with Crippen LogP contribution in [0.1, 0.15) is 13.3 Å². The van der Waals surface area contributed by atoms with Gasteiger partial charge in [-0.25, -0.2) is 0 Å². The molecule has 1 rings (SSSR count). The highest BCUT2D eigenvalue weighted by Gasteiger charge is 2.29. The van der Waals surface area contributed by atoms with Crippen LogP contribution < -0.4 is 0 Å². The number of carbonyl (C=O) groups is 2. The summed E-state index contributed by atoms with van der Waals surface area (Å²) in [6, 6.07) is 0. The standard InChI is InChI=1S/C7H11NO3/c1-5(9)8-3-6(4-8)2-7(10)11/h6H,2-4H2,1H3,(H,10,11). The van der Waals surface area contributed by atoms with Gasteiger partial charge in [0.2, 0.25) is 5.91 Å². The van der Waals surface area contributed by atoms with E-state index in [1.807, 2.05) is 0 Å². The van der Waals surface area contributed by atoms with E-state index in [0.29, 0.717) is 13.1 Å². The van der Waals surface area contributed by atoms with Crippen molar-refractivity contribution in [3.8, 4) is 0 Å². The number of aliphatic carboxylic acids is 1. The van der Waals surface area contributed by atoms with E-state index in [1.165, 1.54) is 6.92 Å². The van der Waals surface area contributed by atoms with Crippen LogP contribution in [0.4, 0.5) is 0 Å². The lowest BCUT2D eigenvalue weighted by atomic mass is 9.97. The van der Waals surface area contributed by atoms with Crippen molar-refractivity contribution in [1.29, 1.82) is 0 Å². The maximum atomic E-state index is 10.6. The van der Waals surface area contributed by atoms with Crippen LogP contribution >= 0.6 is 0 Å². The molecule has 1 heterocycles. The van der Waals surface area contributed by atoms with Crippen LogP contribution in [-0.4, -0.2) is 35.0 Å². The topological polar surface area (TPSA) is 57.6 Å². The van der Waals surface area contributed by atoms with Crippen LogP contribution in [0, 0.1) is 5.92 Å². The van der Waals surface area contributed by atoms with Crippen molar-refractivity contribution in [3.63, 3.8) is 0 Å². The molecular formula is C7H11NO3. The first kappa shape index (κ1) is 8.04. The molecule has 0 bridgehead atoms. The second-order valence-corrected chi connectivity index (χ2v) is 2.89. The summed E-state index contributed by atoms with van der Waals surface area (Å²) >= 11 is 0. The Hall–Kier alpha value is -1.06. The fourth-order valence-electron chi connectivity index (χ4n) is 1.20. The quantitative estimate of drug-likeness (QED) is 0.610. The van der Waals surface area contributed by atoms with E-state index in [0.717, 1.165) is 0 Å². The molecule has 1 fully saturated rings. The van der Waals surface area contributed by atoms with E-state index in [9.17, 15) is 9.59 Å². The zero-order valence-corrected chi connectivity index (χ0v) is 6.41. The largest absolute Gasteiger partial charge is 0.481 e. The highest BCUT2D eigenvalue weighted by atomic mass is 16.4. The Kier molecular flexibility index (Phi) is 2.12. The number of carboxylic acid groups (broad SMARTS) is 1. The highest BCUT2D eigenvalue weighted by molar-refractivity contribution is 5.74. The van der Waals surface area contributed by atoms with Crippen LogP contribution in [0.15, 0.2) is 0 Å². The van der Waals surface area contributed by atoms with E-state index in [1.54, 1.807) is 4.90 Å². The van der Waals surface area contributed by atoms with Gasteiger partial charge in [-0.15, -0.1) is 0 Å². The summed E-state index contributed by atoms with van der Waals surface area (Å²) in [6.45, 7) is 2.72. The second-order valence-electron chi connectivity index (χ2n) is 2.89. The summed E-state index contributed by atoms with van der Waals surface area (Å²) in [6.07, 6.45) is 0.184. The van der Waals surface area contributed by atoms with Crippen molar-refractivity contribution >= 4 is 11.9 Å². The molecule has 0 saturated carbocycles. The Morgan fingerprint density at radius 1 is 1.55 bits per heavy atom. The summed E-state index contributed by atoms with van der Waals surface area (Å²) in [5.74, 6) is -0.568. The van der Waals surface area contributed by atoms with Gasteiger partial charge >= 0.3 is 5.97 Å². The Morgan fingerprint density at radius 3 is 2.45 bits per heavy atom. The van der Waals surface area contributed by atoms with Crippen molar-refractivity contribution < 1.29 is 14.7 Å². The Morgan fingerprint density at radius 2 is 2.09 bits per heavy atom. The minimum absolute atomic E-state index is 0.0339. The fourth-order valence-corrected chi connectivity index (χ4v) is 1.20. The average Bonchev–Trinajstić information content (AvgIpc) is 1.75. The van der Waals surface area contributed by atoms with Crippen molar-refractivity contribution in [2.24, 2.45) is 5.92 Å². The van der Waals surface area contributed by atoms with Gasteiger partial charge < -0.3 is 10.0 Å². The van der Waals surface area contributed by atoms with Gasteiger partial charge in [0.25, 0.3) is 0 Å². The van der Waals surface area contributed by atoms with Crippen molar-refractivity contribution in [2.75, 3.05) is 13.1 Å². The Bertz CT molecular complexity index is 184. The summed E-state index contributed by atoms with van der Waals surface area (Å²) in [4.78, 5) is 22.5. The van der Waals surface area contributed by atoms with Crippen LogP contribution in [0.25, 0.3) is 0 Å². The molecule has 4 heteroatoms. The molecule has 0 aliphatic carbocycles. The van der Waals surface area contributed by atoms with Crippen molar-refractivity contribution in [3.05, 3.63) is 0 Å². The van der Waals surface area contributed by atoms with Gasteiger partial charge in [0.05, 0.1) is 6.42 Å². The molecule has 0 radical (unpaired) electrons. The number of amides is 1. The molecule has 11 heavy (non-hydrogen) atoms. The molecule has 0 aromatic rings. The molecule has 1 aliphatic rings. The summed E-state index contributed by atoms with van der Waals surface area (Å²) in [5.41, 5.74) is 0. The van der Waals surface area contributed by atoms with Crippen LogP contribution in [-0.2, 0) is 9.59 Å². The number of carbonyl (C=O) groups excluding carboxylic acids is 1. The van der Waals surface area contributed by atoms with Crippen LogP contribution in [0.5, 0.6) is 0 Å². The molecule has 0 aromatic carbocycles. The van der Waals surface area contributed by atoms with E-state index in [4.69, 9.17) is 5.11 Å². The van der Waals surface area contributed by atoms with Crippen molar-refractivity contribution in [2.45, 2.75) is 13.3 Å². The molecule has 1 saturated heterocycles. The smallest absolute Gasteiger partial charge is 0.303 e. The SMILES string of the molecule is CC(=O)N1CC(CC(=O)O)C1. The van der Waals surface area contributed by atoms with Crippen LogP contribution in [0.3, 0.4) is 0 Å². The van der Waals surface area contributed by atoms with Gasteiger partial charge in [0.15, 0.2) is 0 Å². The predicted molar refractivity (Wildman–Crippen MR) is 38.0 cm³/mol. The van der Waals surface area contributed by atoms with Gasteiger partial charge in [0.1, 0.15) is 0 Å². The monoisotopic (exact) mass is 157 g/mol. The van der Waals surface area contributed by atoms with Gasteiger partial charge in [-0.2, -0.15) is 0 Å². The number of hydrogen-bond donors (Lipinski definition) is 1. The molecule has 0 aromatic heterocycles. The number of carboxylic acids is 1. The van der Waals surface area contributed by atoms with E-state index in [2.05, 4.69) is 0 Å². The summed E-state index contributed by atoms with van der Waals surface area (Å²) in [5, 5.41) is 8.37. The van der Waals surface area contributed by atoms with E-state index >= 15 is 0 Å². The number of likely N-dealkylation sites (tertiary alicyclic amines) is 1. The normalized spacial score (nSPS) is 17.7. The van der Waals surface area contributed by atoms with Gasteiger partial charge in [0, 0.05) is 25.9 Å². The third-order valence-corrected chi connectivity index (χ3v) is 1.87. The third kappa shape index (κ3) is 1.93. The summed E-state index contributed by atoms with van der Waals surface area (Å²) in [7, 11) is 0. The molecule has 0 spiro atoms. The lowest BCUT2D eigenvalue weighted by Crippen LogP contribution is -2.49. The zero-order chi connectivity index (χ0) is 8.43. The van der Waals surface area contributed by atoms with E-state index in [-0.39, 0.29) is 18.2 Å². The number of nitrogens with zero attached hydrogens (tertiary/aromatic N) is 1. The first-order valence-electron chi connectivity index (χ1n) is 3.57. The fraction of sp³-hybridized carbons (Fsp3) is 0.714. The van der Waals surface area contributed by atoms with Gasteiger partial charge in [-0.05, 0) is 0 Å². The third-order valence-electron chi connectivity index (χ3n) is 1.87. The highest BCUT2D eigenvalue weighted by Crippen LogP contribution is 2.18. The van der Waals surface area contributed by atoms with Gasteiger partial charge in [-0.1, -0.05) is 0 Å². The lowest BCUT2D eigenvalue weighted by molar-refractivity contribution is -0.144. The maximum absolute atomic E-state index is 10.6. The van der Waals surface area contributed by atoms with Crippen molar-refractivity contribution in [1.82, 2.24) is 4.90 Å².